The van der Waals surface area contributed by atoms with Gasteiger partial charge in [0.15, 0.2) is 0 Å². The van der Waals surface area contributed by atoms with Crippen molar-refractivity contribution in [3.05, 3.63) is 32.2 Å². The van der Waals surface area contributed by atoms with Crippen LogP contribution in [0.1, 0.15) is 38.3 Å². The van der Waals surface area contributed by atoms with E-state index >= 15 is 0 Å². The van der Waals surface area contributed by atoms with E-state index in [0.717, 1.165) is 10.9 Å². The Kier molecular flexibility index (Phi) is 3.81. The van der Waals surface area contributed by atoms with Crippen LogP contribution in [0.2, 0.25) is 0 Å². The van der Waals surface area contributed by atoms with Crippen LogP contribution in [0, 0.1) is 6.92 Å². The largest absolute Gasteiger partial charge is 0.0646 e. The monoisotopic (exact) mass is 318 g/mol. The summed E-state index contributed by atoms with van der Waals surface area (Å²) in [7, 11) is 0. The van der Waals surface area contributed by atoms with Gasteiger partial charge in [-0.3, -0.25) is 0 Å². The molecule has 1 aromatic carbocycles. The van der Waals surface area contributed by atoms with Gasteiger partial charge in [0.25, 0.3) is 0 Å². The van der Waals surface area contributed by atoms with E-state index in [2.05, 4.69) is 71.7 Å². The molecule has 0 saturated heterocycles. The average Bonchev–Trinajstić information content (AvgIpc) is 2.11. The van der Waals surface area contributed by atoms with E-state index in [-0.39, 0.29) is 5.41 Å². The number of hydrogen-bond acceptors (Lipinski definition) is 0. The summed E-state index contributed by atoms with van der Waals surface area (Å²) in [6.45, 7) is 8.97. The normalized spacial score (nSPS) is 11.9. The lowest BCUT2D eigenvalue weighted by atomic mass is 9.80. The maximum Gasteiger partial charge on any atom is 0.0218 e. The van der Waals surface area contributed by atoms with Gasteiger partial charge in [-0.05, 0) is 42.0 Å². The molecule has 14 heavy (non-hydrogen) atoms. The van der Waals surface area contributed by atoms with Gasteiger partial charge in [0.1, 0.15) is 0 Å². The zero-order valence-corrected chi connectivity index (χ0v) is 12.3. The van der Waals surface area contributed by atoms with Crippen molar-refractivity contribution in [1.29, 1.82) is 0 Å². The maximum absolute atomic E-state index is 3.59. The van der Waals surface area contributed by atoms with Crippen molar-refractivity contribution < 1.29 is 0 Å². The minimum absolute atomic E-state index is 0.246. The minimum atomic E-state index is 0.246. The Morgan fingerprint density at radius 2 is 1.79 bits per heavy atom. The van der Waals surface area contributed by atoms with Crippen molar-refractivity contribution in [3.8, 4) is 0 Å². The van der Waals surface area contributed by atoms with Gasteiger partial charge in [0.05, 0.1) is 0 Å². The van der Waals surface area contributed by atoms with Crippen LogP contribution in [-0.2, 0) is 5.41 Å². The molecule has 0 aliphatic carbocycles. The first kappa shape index (κ1) is 12.3. The summed E-state index contributed by atoms with van der Waals surface area (Å²) in [5, 5.41) is 0. The summed E-state index contributed by atoms with van der Waals surface area (Å²) in [4.78, 5) is 0. The molecular formula is C12H16Br2. The average molecular weight is 320 g/mol. The van der Waals surface area contributed by atoms with Gasteiger partial charge in [0, 0.05) is 8.95 Å². The van der Waals surface area contributed by atoms with E-state index in [4.69, 9.17) is 0 Å². The highest BCUT2D eigenvalue weighted by atomic mass is 79.9. The summed E-state index contributed by atoms with van der Waals surface area (Å²) in [6, 6.07) is 4.33. The van der Waals surface area contributed by atoms with E-state index in [1.165, 1.54) is 15.6 Å². The SMILES string of the molecule is CCC(C)(C)c1cc(Br)cc(Br)c1C. The second-order valence-electron chi connectivity index (χ2n) is 4.30. The highest BCUT2D eigenvalue weighted by Crippen LogP contribution is 2.35. The Morgan fingerprint density at radius 3 is 2.29 bits per heavy atom. The predicted octanol–water partition coefficient (Wildman–Crippen LogP) is 5.21. The second-order valence-corrected chi connectivity index (χ2v) is 6.07. The molecule has 0 bridgehead atoms. The number of halogens is 2. The Labute approximate surface area is 103 Å². The number of hydrogen-bond donors (Lipinski definition) is 0. The van der Waals surface area contributed by atoms with Crippen LogP contribution in [0.25, 0.3) is 0 Å². The maximum atomic E-state index is 3.59. The first-order chi connectivity index (χ1) is 6.38. The van der Waals surface area contributed by atoms with Crippen molar-refractivity contribution in [3.63, 3.8) is 0 Å². The number of benzene rings is 1. The van der Waals surface area contributed by atoms with Gasteiger partial charge in [-0.25, -0.2) is 0 Å². The fourth-order valence-electron chi connectivity index (χ4n) is 1.54. The summed E-state index contributed by atoms with van der Waals surface area (Å²) in [6.07, 6.45) is 1.15. The summed E-state index contributed by atoms with van der Waals surface area (Å²) in [5.41, 5.74) is 3.01. The summed E-state index contributed by atoms with van der Waals surface area (Å²) in [5.74, 6) is 0. The van der Waals surface area contributed by atoms with E-state index in [1.807, 2.05) is 0 Å². The van der Waals surface area contributed by atoms with E-state index < -0.39 is 0 Å². The number of rotatable bonds is 2. The molecule has 0 aromatic heterocycles. The molecule has 0 unspecified atom stereocenters. The van der Waals surface area contributed by atoms with Crippen molar-refractivity contribution >= 4 is 31.9 Å². The van der Waals surface area contributed by atoms with Crippen LogP contribution in [-0.4, -0.2) is 0 Å². The van der Waals surface area contributed by atoms with Gasteiger partial charge < -0.3 is 0 Å². The lowest BCUT2D eigenvalue weighted by Crippen LogP contribution is -2.17. The third-order valence-corrected chi connectivity index (χ3v) is 4.20. The molecule has 0 aliphatic heterocycles. The molecule has 1 rings (SSSR count). The lowest BCUT2D eigenvalue weighted by Gasteiger charge is -2.26. The Hall–Kier alpha value is 0.180. The zero-order chi connectivity index (χ0) is 10.9. The van der Waals surface area contributed by atoms with Gasteiger partial charge in [-0.1, -0.05) is 52.6 Å². The fourth-order valence-corrected chi connectivity index (χ4v) is 2.76. The van der Waals surface area contributed by atoms with Gasteiger partial charge >= 0.3 is 0 Å². The smallest absolute Gasteiger partial charge is 0.0218 e. The minimum Gasteiger partial charge on any atom is -0.0646 e. The molecule has 0 nitrogen and oxygen atoms in total. The van der Waals surface area contributed by atoms with Crippen molar-refractivity contribution in [1.82, 2.24) is 0 Å². The quantitative estimate of drug-likeness (QED) is 0.702. The van der Waals surface area contributed by atoms with Crippen LogP contribution in [0.15, 0.2) is 21.1 Å². The standard InChI is InChI=1S/C12H16Br2/c1-5-12(3,4)10-6-9(13)7-11(14)8(10)2/h6-7H,5H2,1-4H3. The van der Waals surface area contributed by atoms with Gasteiger partial charge in [0.2, 0.25) is 0 Å². The topological polar surface area (TPSA) is 0 Å². The fraction of sp³-hybridized carbons (Fsp3) is 0.500. The Bertz CT molecular complexity index is 340. The molecule has 0 atom stereocenters. The highest BCUT2D eigenvalue weighted by Gasteiger charge is 2.21. The van der Waals surface area contributed by atoms with Crippen LogP contribution >= 0.6 is 31.9 Å². The zero-order valence-electron chi connectivity index (χ0n) is 9.12. The van der Waals surface area contributed by atoms with Gasteiger partial charge in [-0.2, -0.15) is 0 Å². The summed E-state index contributed by atoms with van der Waals surface area (Å²) < 4.78 is 2.33. The first-order valence-corrected chi connectivity index (χ1v) is 6.43. The third kappa shape index (κ3) is 2.40. The molecule has 0 amide bonds. The van der Waals surface area contributed by atoms with Crippen molar-refractivity contribution in [2.75, 3.05) is 0 Å². The molecule has 0 aliphatic rings. The van der Waals surface area contributed by atoms with Crippen LogP contribution in [0.4, 0.5) is 0 Å². The molecule has 0 heterocycles. The summed E-state index contributed by atoms with van der Waals surface area (Å²) >= 11 is 7.13. The van der Waals surface area contributed by atoms with Crippen LogP contribution in [0.5, 0.6) is 0 Å². The van der Waals surface area contributed by atoms with E-state index in [9.17, 15) is 0 Å². The molecule has 0 radical (unpaired) electrons. The molecular weight excluding hydrogens is 304 g/mol. The van der Waals surface area contributed by atoms with Crippen molar-refractivity contribution in [2.45, 2.75) is 39.5 Å². The molecule has 0 saturated carbocycles. The van der Waals surface area contributed by atoms with Crippen molar-refractivity contribution in [2.24, 2.45) is 0 Å². The predicted molar refractivity (Wildman–Crippen MR) is 69.9 cm³/mol. The molecule has 78 valence electrons. The Morgan fingerprint density at radius 1 is 1.21 bits per heavy atom. The molecule has 1 aromatic rings. The second kappa shape index (κ2) is 4.36. The molecule has 0 fully saturated rings. The van der Waals surface area contributed by atoms with Crippen LogP contribution < -0.4 is 0 Å². The third-order valence-electron chi connectivity index (χ3n) is 2.92. The van der Waals surface area contributed by atoms with Crippen LogP contribution in [0.3, 0.4) is 0 Å². The highest BCUT2D eigenvalue weighted by molar-refractivity contribution is 9.11. The molecule has 0 spiro atoms. The van der Waals surface area contributed by atoms with E-state index in [1.54, 1.807) is 0 Å². The molecule has 2 heteroatoms. The molecule has 0 N–H and O–H groups in total. The Balaban J connectivity index is 3.34. The van der Waals surface area contributed by atoms with Gasteiger partial charge in [-0.15, -0.1) is 0 Å². The lowest BCUT2D eigenvalue weighted by molar-refractivity contribution is 0.502. The first-order valence-electron chi connectivity index (χ1n) is 4.84. The van der Waals surface area contributed by atoms with E-state index in [0.29, 0.717) is 0 Å².